The number of nitrogens with one attached hydrogen (secondary N) is 1. The monoisotopic (exact) mass is 225 g/mol. The van der Waals surface area contributed by atoms with Gasteiger partial charge < -0.3 is 14.6 Å². The molecular formula is C12H23N3O. The second kappa shape index (κ2) is 6.53. The summed E-state index contributed by atoms with van der Waals surface area (Å²) >= 11 is 0. The molecule has 0 atom stereocenters. The Balaban J connectivity index is 2.55. The molecule has 0 aliphatic carbocycles. The largest absolute Gasteiger partial charge is 0.432 e. The summed E-state index contributed by atoms with van der Waals surface area (Å²) in [7, 11) is 0. The average Bonchev–Trinajstić information content (AvgIpc) is 2.67. The highest BCUT2D eigenvalue weighted by Gasteiger charge is 2.13. The minimum Gasteiger partial charge on any atom is -0.432 e. The van der Waals surface area contributed by atoms with Gasteiger partial charge in [-0.15, -0.1) is 0 Å². The molecule has 0 aromatic carbocycles. The van der Waals surface area contributed by atoms with Gasteiger partial charge in [-0.3, -0.25) is 0 Å². The molecule has 0 radical (unpaired) electrons. The molecule has 0 unspecified atom stereocenters. The van der Waals surface area contributed by atoms with E-state index in [1.807, 2.05) is 0 Å². The minimum absolute atomic E-state index is 0.417. The molecule has 92 valence electrons. The van der Waals surface area contributed by atoms with Crippen molar-refractivity contribution in [1.29, 1.82) is 0 Å². The summed E-state index contributed by atoms with van der Waals surface area (Å²) in [6, 6.07) is 1.14. The first kappa shape index (κ1) is 13.0. The highest BCUT2D eigenvalue weighted by atomic mass is 16.4. The lowest BCUT2D eigenvalue weighted by Crippen LogP contribution is -2.30. The van der Waals surface area contributed by atoms with E-state index in [0.29, 0.717) is 6.04 Å². The Morgan fingerprint density at radius 3 is 2.75 bits per heavy atom. The van der Waals surface area contributed by atoms with E-state index in [1.54, 1.807) is 6.26 Å². The van der Waals surface area contributed by atoms with Crippen LogP contribution in [0.4, 0.5) is 6.01 Å². The Kier molecular flexibility index (Phi) is 5.32. The van der Waals surface area contributed by atoms with Crippen molar-refractivity contribution in [3.63, 3.8) is 0 Å². The third-order valence-corrected chi connectivity index (χ3v) is 2.48. The summed E-state index contributed by atoms with van der Waals surface area (Å²) in [4.78, 5) is 6.61. The van der Waals surface area contributed by atoms with Gasteiger partial charge in [-0.05, 0) is 33.7 Å². The van der Waals surface area contributed by atoms with Gasteiger partial charge in [-0.2, -0.15) is 4.98 Å². The van der Waals surface area contributed by atoms with Crippen molar-refractivity contribution in [2.45, 2.75) is 46.7 Å². The van der Waals surface area contributed by atoms with Gasteiger partial charge in [-0.1, -0.05) is 6.92 Å². The van der Waals surface area contributed by atoms with Gasteiger partial charge >= 0.3 is 0 Å². The lowest BCUT2D eigenvalue weighted by atomic mass is 10.3. The second-order valence-electron chi connectivity index (χ2n) is 4.18. The van der Waals surface area contributed by atoms with Crippen LogP contribution in [0.3, 0.4) is 0 Å². The third kappa shape index (κ3) is 3.52. The summed E-state index contributed by atoms with van der Waals surface area (Å²) in [6.45, 7) is 11.3. The Labute approximate surface area is 98.0 Å². The van der Waals surface area contributed by atoms with Crippen molar-refractivity contribution in [2.24, 2.45) is 0 Å². The van der Waals surface area contributed by atoms with Crippen LogP contribution in [-0.2, 0) is 6.54 Å². The first-order valence-electron chi connectivity index (χ1n) is 6.10. The van der Waals surface area contributed by atoms with E-state index in [1.165, 1.54) is 0 Å². The molecule has 16 heavy (non-hydrogen) atoms. The van der Waals surface area contributed by atoms with Crippen molar-refractivity contribution in [2.75, 3.05) is 18.0 Å². The van der Waals surface area contributed by atoms with Gasteiger partial charge in [0.25, 0.3) is 6.01 Å². The van der Waals surface area contributed by atoms with Gasteiger partial charge in [0.15, 0.2) is 0 Å². The van der Waals surface area contributed by atoms with Crippen LogP contribution in [-0.4, -0.2) is 24.1 Å². The number of oxazole rings is 1. The Morgan fingerprint density at radius 2 is 2.19 bits per heavy atom. The fourth-order valence-electron chi connectivity index (χ4n) is 1.62. The van der Waals surface area contributed by atoms with Crippen molar-refractivity contribution in [3.05, 3.63) is 12.0 Å². The number of hydrogen-bond acceptors (Lipinski definition) is 4. The van der Waals surface area contributed by atoms with Crippen LogP contribution in [0.2, 0.25) is 0 Å². The molecule has 0 saturated carbocycles. The van der Waals surface area contributed by atoms with Crippen molar-refractivity contribution in [3.8, 4) is 0 Å². The van der Waals surface area contributed by atoms with E-state index >= 15 is 0 Å². The predicted octanol–water partition coefficient (Wildman–Crippen LogP) is 2.41. The van der Waals surface area contributed by atoms with Crippen LogP contribution in [0.5, 0.6) is 0 Å². The molecule has 0 fully saturated rings. The molecule has 0 bridgehead atoms. The van der Waals surface area contributed by atoms with Crippen LogP contribution in [0.15, 0.2) is 10.7 Å². The third-order valence-electron chi connectivity index (χ3n) is 2.48. The van der Waals surface area contributed by atoms with E-state index in [2.05, 4.69) is 42.9 Å². The average molecular weight is 225 g/mol. The summed E-state index contributed by atoms with van der Waals surface area (Å²) in [5.74, 6) is 0. The summed E-state index contributed by atoms with van der Waals surface area (Å²) < 4.78 is 5.48. The van der Waals surface area contributed by atoms with Crippen LogP contribution in [0.1, 0.15) is 39.8 Å². The van der Waals surface area contributed by atoms with Crippen LogP contribution < -0.4 is 10.2 Å². The molecule has 4 nitrogen and oxygen atoms in total. The zero-order chi connectivity index (χ0) is 12.0. The fourth-order valence-corrected chi connectivity index (χ4v) is 1.62. The SMILES string of the molecule is CCCNCc1coc(N(CC)C(C)C)n1. The highest BCUT2D eigenvalue weighted by molar-refractivity contribution is 5.27. The molecule has 1 N–H and O–H groups in total. The number of nitrogens with zero attached hydrogens (tertiary/aromatic N) is 2. The molecule has 1 heterocycles. The molecule has 1 aromatic heterocycles. The summed E-state index contributed by atoms with van der Waals surface area (Å²) in [6.07, 6.45) is 2.88. The Morgan fingerprint density at radius 1 is 1.44 bits per heavy atom. The maximum Gasteiger partial charge on any atom is 0.297 e. The van der Waals surface area contributed by atoms with Gasteiger partial charge in [0, 0.05) is 19.1 Å². The van der Waals surface area contributed by atoms with Gasteiger partial charge in [0.1, 0.15) is 6.26 Å². The zero-order valence-corrected chi connectivity index (χ0v) is 10.8. The lowest BCUT2D eigenvalue weighted by Gasteiger charge is -2.22. The van der Waals surface area contributed by atoms with Gasteiger partial charge in [0.05, 0.1) is 5.69 Å². The number of aromatic nitrogens is 1. The molecule has 0 aliphatic heterocycles. The Hall–Kier alpha value is -1.03. The van der Waals surface area contributed by atoms with Crippen LogP contribution >= 0.6 is 0 Å². The van der Waals surface area contributed by atoms with E-state index in [9.17, 15) is 0 Å². The minimum atomic E-state index is 0.417. The van der Waals surface area contributed by atoms with Gasteiger partial charge in [-0.25, -0.2) is 0 Å². The fraction of sp³-hybridized carbons (Fsp3) is 0.750. The van der Waals surface area contributed by atoms with E-state index in [-0.39, 0.29) is 0 Å². The molecule has 0 aliphatic rings. The van der Waals surface area contributed by atoms with Crippen molar-refractivity contribution >= 4 is 6.01 Å². The first-order valence-corrected chi connectivity index (χ1v) is 6.10. The number of anilines is 1. The van der Waals surface area contributed by atoms with Crippen molar-refractivity contribution in [1.82, 2.24) is 10.3 Å². The summed E-state index contributed by atoms with van der Waals surface area (Å²) in [5, 5.41) is 3.31. The number of rotatable bonds is 7. The standard InChI is InChI=1S/C12H23N3O/c1-5-7-13-8-11-9-16-12(14-11)15(6-2)10(3)4/h9-10,13H,5-8H2,1-4H3. The normalized spacial score (nSPS) is 11.1. The molecule has 4 heteroatoms. The molecular weight excluding hydrogens is 202 g/mol. The molecule has 1 aromatic rings. The Bertz CT molecular complexity index is 296. The van der Waals surface area contributed by atoms with Gasteiger partial charge in [0.2, 0.25) is 0 Å². The topological polar surface area (TPSA) is 41.3 Å². The second-order valence-corrected chi connectivity index (χ2v) is 4.18. The lowest BCUT2D eigenvalue weighted by molar-refractivity contribution is 0.516. The molecule has 1 rings (SSSR count). The van der Waals surface area contributed by atoms with E-state index in [0.717, 1.165) is 37.8 Å². The summed E-state index contributed by atoms with van der Waals surface area (Å²) in [5.41, 5.74) is 0.975. The molecule has 0 saturated heterocycles. The molecule has 0 amide bonds. The van der Waals surface area contributed by atoms with Crippen molar-refractivity contribution < 1.29 is 4.42 Å². The smallest absolute Gasteiger partial charge is 0.297 e. The first-order chi connectivity index (χ1) is 7.69. The van der Waals surface area contributed by atoms with E-state index < -0.39 is 0 Å². The zero-order valence-electron chi connectivity index (χ0n) is 10.8. The molecule has 0 spiro atoms. The van der Waals surface area contributed by atoms with E-state index in [4.69, 9.17) is 4.42 Å². The maximum absolute atomic E-state index is 5.48. The quantitative estimate of drug-likeness (QED) is 0.724. The highest BCUT2D eigenvalue weighted by Crippen LogP contribution is 2.15. The number of hydrogen-bond donors (Lipinski definition) is 1. The van der Waals surface area contributed by atoms with Crippen LogP contribution in [0, 0.1) is 0 Å². The van der Waals surface area contributed by atoms with Crippen LogP contribution in [0.25, 0.3) is 0 Å². The maximum atomic E-state index is 5.48. The predicted molar refractivity (Wildman–Crippen MR) is 66.7 cm³/mol.